The molecule has 1 N–H and O–H groups in total. The number of rotatable bonds is 3. The maximum atomic E-state index is 11.5. The van der Waals surface area contributed by atoms with Gasteiger partial charge in [-0.1, -0.05) is 25.0 Å². The quantitative estimate of drug-likeness (QED) is 0.865. The van der Waals surface area contributed by atoms with Gasteiger partial charge < -0.3 is 9.84 Å². The minimum Gasteiger partial charge on any atom is -0.489 e. The first kappa shape index (κ1) is 13.9. The molecule has 0 radical (unpaired) electrons. The summed E-state index contributed by atoms with van der Waals surface area (Å²) < 4.78 is 6.12. The highest BCUT2D eigenvalue weighted by atomic mass is 16.5. The summed E-state index contributed by atoms with van der Waals surface area (Å²) in [6.45, 7) is 0. The van der Waals surface area contributed by atoms with Crippen molar-refractivity contribution in [3.8, 4) is 5.75 Å². The lowest BCUT2D eigenvalue weighted by atomic mass is 10.1. The second-order valence-corrected chi connectivity index (χ2v) is 5.55. The third-order valence-corrected chi connectivity index (χ3v) is 4.04. The summed E-state index contributed by atoms with van der Waals surface area (Å²) in [6, 6.07) is 7.53. The van der Waals surface area contributed by atoms with Crippen molar-refractivity contribution < 1.29 is 14.6 Å². The van der Waals surface area contributed by atoms with E-state index in [1.807, 2.05) is 24.3 Å². The number of nitrogens with zero attached hydrogens (tertiary/aromatic N) is 1. The van der Waals surface area contributed by atoms with E-state index in [1.165, 1.54) is 19.0 Å². The minimum atomic E-state index is -0.989. The Labute approximate surface area is 123 Å². The van der Waals surface area contributed by atoms with Gasteiger partial charge in [-0.15, -0.1) is 0 Å². The van der Waals surface area contributed by atoms with Crippen molar-refractivity contribution in [3.63, 3.8) is 0 Å². The van der Waals surface area contributed by atoms with Crippen LogP contribution < -0.4 is 4.74 Å². The van der Waals surface area contributed by atoms with Gasteiger partial charge in [0.2, 0.25) is 0 Å². The number of aromatic carboxylic acids is 1. The van der Waals surface area contributed by atoms with Crippen LogP contribution in [0.5, 0.6) is 5.75 Å². The van der Waals surface area contributed by atoms with E-state index < -0.39 is 5.97 Å². The Kier molecular flexibility index (Phi) is 4.04. The molecule has 2 aromatic rings. The Morgan fingerprint density at radius 2 is 1.86 bits per heavy atom. The molecule has 4 heteroatoms. The zero-order valence-corrected chi connectivity index (χ0v) is 11.9. The molecular weight excluding hydrogens is 266 g/mol. The van der Waals surface area contributed by atoms with Crippen LogP contribution in [-0.2, 0) is 0 Å². The predicted molar refractivity (Wildman–Crippen MR) is 80.8 cm³/mol. The zero-order valence-electron chi connectivity index (χ0n) is 11.9. The predicted octanol–water partition coefficient (Wildman–Crippen LogP) is 4.03. The number of carbonyl (C=O) groups is 1. The fourth-order valence-electron chi connectivity index (χ4n) is 2.92. The van der Waals surface area contributed by atoms with Gasteiger partial charge in [0, 0.05) is 11.6 Å². The maximum absolute atomic E-state index is 11.5. The number of benzene rings is 1. The smallest absolute Gasteiger partial charge is 0.341 e. The Bertz CT molecular complexity index is 646. The molecule has 3 rings (SSSR count). The normalized spacial score (nSPS) is 16.6. The van der Waals surface area contributed by atoms with Gasteiger partial charge in [-0.25, -0.2) is 4.79 Å². The van der Waals surface area contributed by atoms with Crippen molar-refractivity contribution in [2.45, 2.75) is 44.6 Å². The highest BCUT2D eigenvalue weighted by Gasteiger charge is 2.20. The average Bonchev–Trinajstić information content (AvgIpc) is 2.76. The van der Waals surface area contributed by atoms with Gasteiger partial charge >= 0.3 is 5.97 Å². The Balaban J connectivity index is 2.01. The molecule has 0 aliphatic heterocycles. The van der Waals surface area contributed by atoms with Gasteiger partial charge in [0.05, 0.1) is 11.6 Å². The van der Waals surface area contributed by atoms with Crippen LogP contribution in [0.15, 0.2) is 30.5 Å². The largest absolute Gasteiger partial charge is 0.489 e. The summed E-state index contributed by atoms with van der Waals surface area (Å²) in [5.41, 5.74) is 0.920. The van der Waals surface area contributed by atoms with Crippen LogP contribution in [-0.4, -0.2) is 22.2 Å². The molecule has 1 saturated carbocycles. The minimum absolute atomic E-state index is 0.108. The van der Waals surface area contributed by atoms with Crippen LogP contribution in [0.4, 0.5) is 0 Å². The van der Waals surface area contributed by atoms with Gasteiger partial charge in [-0.05, 0) is 37.8 Å². The Morgan fingerprint density at radius 1 is 1.14 bits per heavy atom. The van der Waals surface area contributed by atoms with E-state index in [-0.39, 0.29) is 11.7 Å². The third kappa shape index (κ3) is 2.99. The molecule has 0 unspecified atom stereocenters. The highest BCUT2D eigenvalue weighted by Crippen LogP contribution is 2.31. The molecule has 1 heterocycles. The molecular formula is C17H19NO3. The summed E-state index contributed by atoms with van der Waals surface area (Å²) in [4.78, 5) is 15.7. The number of pyridine rings is 1. The number of carboxylic acids is 1. The topological polar surface area (TPSA) is 59.4 Å². The first-order valence-corrected chi connectivity index (χ1v) is 7.53. The van der Waals surface area contributed by atoms with Crippen LogP contribution >= 0.6 is 0 Å². The average molecular weight is 285 g/mol. The van der Waals surface area contributed by atoms with Crippen LogP contribution in [0.3, 0.4) is 0 Å². The van der Waals surface area contributed by atoms with Crippen molar-refractivity contribution in [1.29, 1.82) is 0 Å². The molecule has 0 bridgehead atoms. The second-order valence-electron chi connectivity index (χ2n) is 5.55. The van der Waals surface area contributed by atoms with Crippen molar-refractivity contribution >= 4 is 16.9 Å². The lowest BCUT2D eigenvalue weighted by Crippen LogP contribution is -2.17. The van der Waals surface area contributed by atoms with Gasteiger partial charge in [-0.2, -0.15) is 0 Å². The summed E-state index contributed by atoms with van der Waals surface area (Å²) in [5, 5.41) is 10.2. The van der Waals surface area contributed by atoms with E-state index in [0.29, 0.717) is 5.75 Å². The second kappa shape index (κ2) is 6.12. The van der Waals surface area contributed by atoms with Crippen molar-refractivity contribution in [2.75, 3.05) is 0 Å². The lowest BCUT2D eigenvalue weighted by Gasteiger charge is -2.19. The zero-order chi connectivity index (χ0) is 14.7. The van der Waals surface area contributed by atoms with Gasteiger partial charge in [0.15, 0.2) is 0 Å². The Morgan fingerprint density at radius 3 is 2.57 bits per heavy atom. The molecule has 110 valence electrons. The molecule has 1 aliphatic rings. The van der Waals surface area contributed by atoms with E-state index in [4.69, 9.17) is 4.74 Å². The number of para-hydroxylation sites is 1. The molecule has 0 atom stereocenters. The van der Waals surface area contributed by atoms with Crippen LogP contribution in [0.2, 0.25) is 0 Å². The highest BCUT2D eigenvalue weighted by molar-refractivity contribution is 5.98. The lowest BCUT2D eigenvalue weighted by molar-refractivity contribution is 0.0688. The standard InChI is InChI=1S/C17H19NO3/c19-17(20)14-11-18-15-10-6-5-9-13(15)16(14)21-12-7-3-1-2-4-8-12/h5-6,9-12H,1-4,7-8H2,(H,19,20). The molecule has 1 aliphatic carbocycles. The Hall–Kier alpha value is -2.10. The summed E-state index contributed by atoms with van der Waals surface area (Å²) in [7, 11) is 0. The van der Waals surface area contributed by atoms with Gasteiger partial charge in [0.25, 0.3) is 0 Å². The van der Waals surface area contributed by atoms with Crippen molar-refractivity contribution in [2.24, 2.45) is 0 Å². The van der Waals surface area contributed by atoms with Crippen molar-refractivity contribution in [1.82, 2.24) is 4.98 Å². The first-order chi connectivity index (χ1) is 10.3. The molecule has 1 aromatic carbocycles. The first-order valence-electron chi connectivity index (χ1n) is 7.53. The molecule has 0 amide bonds. The SMILES string of the molecule is O=C(O)c1cnc2ccccc2c1OC1CCCCCC1. The number of hydrogen-bond acceptors (Lipinski definition) is 3. The number of hydrogen-bond donors (Lipinski definition) is 1. The van der Waals surface area contributed by atoms with E-state index in [0.717, 1.165) is 36.6 Å². The van der Waals surface area contributed by atoms with Crippen LogP contribution in [0, 0.1) is 0 Å². The van der Waals surface area contributed by atoms with Crippen LogP contribution in [0.1, 0.15) is 48.9 Å². The molecule has 21 heavy (non-hydrogen) atoms. The number of ether oxygens (including phenoxy) is 1. The van der Waals surface area contributed by atoms with E-state index in [1.54, 1.807) is 0 Å². The van der Waals surface area contributed by atoms with E-state index in [9.17, 15) is 9.90 Å². The number of carboxylic acid groups (broad SMARTS) is 1. The summed E-state index contributed by atoms with van der Waals surface area (Å²) in [6.07, 6.45) is 8.27. The summed E-state index contributed by atoms with van der Waals surface area (Å²) in [5.74, 6) is -0.517. The third-order valence-electron chi connectivity index (χ3n) is 4.04. The monoisotopic (exact) mass is 285 g/mol. The fraction of sp³-hybridized carbons (Fsp3) is 0.412. The molecule has 0 spiro atoms. The van der Waals surface area contributed by atoms with Gasteiger partial charge in [0.1, 0.15) is 11.3 Å². The fourth-order valence-corrected chi connectivity index (χ4v) is 2.92. The summed E-state index contributed by atoms with van der Waals surface area (Å²) >= 11 is 0. The number of fused-ring (bicyclic) bond motifs is 1. The van der Waals surface area contributed by atoms with E-state index >= 15 is 0 Å². The van der Waals surface area contributed by atoms with Crippen LogP contribution in [0.25, 0.3) is 10.9 Å². The molecule has 1 aromatic heterocycles. The maximum Gasteiger partial charge on any atom is 0.341 e. The van der Waals surface area contributed by atoms with Gasteiger partial charge in [-0.3, -0.25) is 4.98 Å². The molecule has 1 fully saturated rings. The van der Waals surface area contributed by atoms with E-state index in [2.05, 4.69) is 4.98 Å². The molecule has 4 nitrogen and oxygen atoms in total. The molecule has 0 saturated heterocycles. The number of aromatic nitrogens is 1. The van der Waals surface area contributed by atoms with Crippen molar-refractivity contribution in [3.05, 3.63) is 36.0 Å².